The van der Waals surface area contributed by atoms with Crippen molar-refractivity contribution in [1.29, 1.82) is 0 Å². The molecule has 0 atom stereocenters. The van der Waals surface area contributed by atoms with Gasteiger partial charge in [-0.25, -0.2) is 4.98 Å². The molecule has 1 saturated carbocycles. The van der Waals surface area contributed by atoms with E-state index in [1.165, 1.54) is 12.8 Å². The Kier molecular flexibility index (Phi) is 6.08. The highest BCUT2D eigenvalue weighted by molar-refractivity contribution is 14.0. The quantitative estimate of drug-likeness (QED) is 0.787. The summed E-state index contributed by atoms with van der Waals surface area (Å²) in [7, 11) is 2.05. The monoisotopic (exact) mass is 402 g/mol. The van der Waals surface area contributed by atoms with Crippen molar-refractivity contribution in [3.05, 3.63) is 23.9 Å². The van der Waals surface area contributed by atoms with Gasteiger partial charge in [0, 0.05) is 32.4 Å². The number of rotatable bonds is 4. The largest absolute Gasteiger partial charge is 0.474 e. The lowest BCUT2D eigenvalue weighted by molar-refractivity contribution is 0.201. The molecule has 3 rings (SSSR count). The van der Waals surface area contributed by atoms with Crippen molar-refractivity contribution in [1.82, 2.24) is 15.2 Å². The fourth-order valence-electron chi connectivity index (χ4n) is 2.67. The van der Waals surface area contributed by atoms with Crippen LogP contribution in [-0.2, 0) is 6.54 Å². The molecule has 0 amide bonds. The zero-order chi connectivity index (χ0) is 13.8. The van der Waals surface area contributed by atoms with Crippen LogP contribution in [0.2, 0.25) is 0 Å². The summed E-state index contributed by atoms with van der Waals surface area (Å²) >= 11 is 0. The molecule has 1 N–H and O–H groups in total. The zero-order valence-electron chi connectivity index (χ0n) is 12.4. The predicted molar refractivity (Wildman–Crippen MR) is 94.3 cm³/mol. The van der Waals surface area contributed by atoms with E-state index >= 15 is 0 Å². The Balaban J connectivity index is 0.00000161. The standard InChI is InChI=1S/C15H22N4O.HI/c1-19-9-8-16-15(19)18-11-12-6-7-14(17-10-12)20-13-4-2-3-5-13;/h6-7,10,13H,2-5,8-9,11H2,1H3,(H,16,18);1H. The highest BCUT2D eigenvalue weighted by Crippen LogP contribution is 2.22. The van der Waals surface area contributed by atoms with Crippen molar-refractivity contribution >= 4 is 29.9 Å². The molecule has 1 aliphatic heterocycles. The van der Waals surface area contributed by atoms with Gasteiger partial charge >= 0.3 is 0 Å². The summed E-state index contributed by atoms with van der Waals surface area (Å²) in [5.74, 6) is 1.72. The van der Waals surface area contributed by atoms with Crippen molar-refractivity contribution < 1.29 is 4.74 Å². The minimum Gasteiger partial charge on any atom is -0.474 e. The van der Waals surface area contributed by atoms with E-state index in [4.69, 9.17) is 4.74 Å². The highest BCUT2D eigenvalue weighted by atomic mass is 127. The molecule has 6 heteroatoms. The van der Waals surface area contributed by atoms with Crippen LogP contribution >= 0.6 is 24.0 Å². The number of aliphatic imine (C=N–C) groups is 1. The van der Waals surface area contributed by atoms with Gasteiger partial charge in [-0.15, -0.1) is 24.0 Å². The van der Waals surface area contributed by atoms with Gasteiger partial charge in [-0.05, 0) is 31.2 Å². The van der Waals surface area contributed by atoms with Crippen LogP contribution < -0.4 is 10.1 Å². The molecule has 116 valence electrons. The first-order valence-electron chi connectivity index (χ1n) is 7.42. The SMILES string of the molecule is CN1CCN=C1NCc1ccc(OC2CCCC2)nc1.I. The Morgan fingerprint density at radius 1 is 1.33 bits per heavy atom. The summed E-state index contributed by atoms with van der Waals surface area (Å²) in [5, 5.41) is 3.34. The van der Waals surface area contributed by atoms with Gasteiger partial charge in [0.1, 0.15) is 6.10 Å². The Hall–Kier alpha value is -1.05. The molecule has 2 aliphatic rings. The molecule has 1 aromatic rings. The molecule has 1 aliphatic carbocycles. The summed E-state index contributed by atoms with van der Waals surface area (Å²) in [6.07, 6.45) is 7.14. The molecule has 0 radical (unpaired) electrons. The molecule has 1 fully saturated rings. The minimum absolute atomic E-state index is 0. The number of pyridine rings is 1. The lowest BCUT2D eigenvalue weighted by atomic mass is 10.3. The van der Waals surface area contributed by atoms with Gasteiger partial charge in [0.05, 0.1) is 6.54 Å². The fourth-order valence-corrected chi connectivity index (χ4v) is 2.67. The Bertz CT molecular complexity index is 471. The van der Waals surface area contributed by atoms with E-state index in [0.29, 0.717) is 6.10 Å². The first kappa shape index (κ1) is 16.3. The maximum absolute atomic E-state index is 5.86. The third kappa shape index (κ3) is 4.46. The summed E-state index contributed by atoms with van der Waals surface area (Å²) in [5.41, 5.74) is 1.15. The zero-order valence-corrected chi connectivity index (χ0v) is 14.7. The molecule has 2 heterocycles. The van der Waals surface area contributed by atoms with Crippen molar-refractivity contribution in [3.8, 4) is 5.88 Å². The number of halogens is 1. The highest BCUT2D eigenvalue weighted by Gasteiger charge is 2.17. The average molecular weight is 402 g/mol. The maximum Gasteiger partial charge on any atom is 0.213 e. The van der Waals surface area contributed by atoms with Gasteiger partial charge in [-0.3, -0.25) is 4.99 Å². The third-order valence-corrected chi connectivity index (χ3v) is 3.90. The molecular formula is C15H23IN4O. The Labute approximate surface area is 143 Å². The molecular weight excluding hydrogens is 379 g/mol. The van der Waals surface area contributed by atoms with Crippen LogP contribution in [0.25, 0.3) is 0 Å². The minimum atomic E-state index is 0. The molecule has 0 spiro atoms. The molecule has 0 bridgehead atoms. The summed E-state index contributed by atoms with van der Waals surface area (Å²) in [6.45, 7) is 2.62. The molecule has 21 heavy (non-hydrogen) atoms. The van der Waals surface area contributed by atoms with Crippen LogP contribution in [-0.4, -0.2) is 42.1 Å². The number of nitrogens with zero attached hydrogens (tertiary/aromatic N) is 3. The first-order valence-corrected chi connectivity index (χ1v) is 7.42. The van der Waals surface area contributed by atoms with Crippen LogP contribution in [0.4, 0.5) is 0 Å². The Morgan fingerprint density at radius 2 is 2.14 bits per heavy atom. The van der Waals surface area contributed by atoms with Gasteiger partial charge in [0.2, 0.25) is 5.88 Å². The summed E-state index contributed by atoms with van der Waals surface area (Å²) < 4.78 is 5.86. The molecule has 0 saturated heterocycles. The van der Waals surface area contributed by atoms with Crippen LogP contribution in [0.5, 0.6) is 5.88 Å². The average Bonchev–Trinajstić information content (AvgIpc) is 3.10. The van der Waals surface area contributed by atoms with Gasteiger partial charge in [0.25, 0.3) is 0 Å². The van der Waals surface area contributed by atoms with E-state index in [0.717, 1.165) is 49.9 Å². The predicted octanol–water partition coefficient (Wildman–Crippen LogP) is 2.41. The third-order valence-electron chi connectivity index (χ3n) is 3.90. The summed E-state index contributed by atoms with van der Waals surface area (Å²) in [6, 6.07) is 4.04. The lowest BCUT2D eigenvalue weighted by Gasteiger charge is -2.15. The second-order valence-corrected chi connectivity index (χ2v) is 5.51. The molecule has 0 unspecified atom stereocenters. The number of hydrogen-bond acceptors (Lipinski definition) is 5. The van der Waals surface area contributed by atoms with Gasteiger partial charge < -0.3 is 15.0 Å². The van der Waals surface area contributed by atoms with E-state index in [1.807, 2.05) is 12.3 Å². The summed E-state index contributed by atoms with van der Waals surface area (Å²) in [4.78, 5) is 10.9. The lowest BCUT2D eigenvalue weighted by Crippen LogP contribution is -2.35. The number of guanidine groups is 1. The van der Waals surface area contributed by atoms with Crippen LogP contribution in [0.15, 0.2) is 23.3 Å². The van der Waals surface area contributed by atoms with Crippen LogP contribution in [0, 0.1) is 0 Å². The van der Waals surface area contributed by atoms with E-state index < -0.39 is 0 Å². The number of likely N-dealkylation sites (N-methyl/N-ethyl adjacent to an activating group) is 1. The normalized spacial score (nSPS) is 18.3. The maximum atomic E-state index is 5.86. The molecule has 5 nitrogen and oxygen atoms in total. The first-order chi connectivity index (χ1) is 9.81. The van der Waals surface area contributed by atoms with Crippen molar-refractivity contribution in [3.63, 3.8) is 0 Å². The van der Waals surface area contributed by atoms with E-state index in [1.54, 1.807) is 0 Å². The number of nitrogens with one attached hydrogen (secondary N) is 1. The van der Waals surface area contributed by atoms with Crippen molar-refractivity contribution in [2.24, 2.45) is 4.99 Å². The number of ether oxygens (including phenoxy) is 1. The van der Waals surface area contributed by atoms with Crippen molar-refractivity contribution in [2.75, 3.05) is 20.1 Å². The van der Waals surface area contributed by atoms with Gasteiger partial charge in [-0.1, -0.05) is 6.07 Å². The second-order valence-electron chi connectivity index (χ2n) is 5.51. The topological polar surface area (TPSA) is 49.8 Å². The molecule has 1 aromatic heterocycles. The fraction of sp³-hybridized carbons (Fsp3) is 0.600. The Morgan fingerprint density at radius 3 is 2.76 bits per heavy atom. The molecule has 0 aromatic carbocycles. The van der Waals surface area contributed by atoms with Crippen molar-refractivity contribution in [2.45, 2.75) is 38.3 Å². The van der Waals surface area contributed by atoms with E-state index in [-0.39, 0.29) is 24.0 Å². The van der Waals surface area contributed by atoms with Gasteiger partial charge in [0.15, 0.2) is 5.96 Å². The van der Waals surface area contributed by atoms with E-state index in [9.17, 15) is 0 Å². The second kappa shape index (κ2) is 7.82. The number of aromatic nitrogens is 1. The van der Waals surface area contributed by atoms with Crippen LogP contribution in [0.3, 0.4) is 0 Å². The van der Waals surface area contributed by atoms with Gasteiger partial charge in [-0.2, -0.15) is 0 Å². The number of hydrogen-bond donors (Lipinski definition) is 1. The van der Waals surface area contributed by atoms with Crippen LogP contribution in [0.1, 0.15) is 31.2 Å². The smallest absolute Gasteiger partial charge is 0.213 e. The van der Waals surface area contributed by atoms with E-state index in [2.05, 4.69) is 33.3 Å².